The van der Waals surface area contributed by atoms with Crippen molar-refractivity contribution < 1.29 is 9.90 Å². The van der Waals surface area contributed by atoms with E-state index in [4.69, 9.17) is 0 Å². The molecule has 2 heteroatoms. The van der Waals surface area contributed by atoms with Crippen LogP contribution in [0.15, 0.2) is 24.3 Å². The minimum atomic E-state index is -0.641. The second-order valence-corrected chi connectivity index (χ2v) is 6.82. The first kappa shape index (κ1) is 13.7. The predicted molar refractivity (Wildman–Crippen MR) is 80.0 cm³/mol. The second kappa shape index (κ2) is 5.23. The van der Waals surface area contributed by atoms with Crippen molar-refractivity contribution in [1.82, 2.24) is 0 Å². The first-order valence-corrected chi connectivity index (χ1v) is 7.96. The van der Waals surface area contributed by atoms with E-state index in [9.17, 15) is 9.90 Å². The Hall–Kier alpha value is -1.31. The van der Waals surface area contributed by atoms with Crippen LogP contribution in [0.2, 0.25) is 0 Å². The Balaban J connectivity index is 1.84. The lowest BCUT2D eigenvalue weighted by Crippen LogP contribution is -2.42. The van der Waals surface area contributed by atoms with E-state index in [0.717, 1.165) is 30.7 Å². The Labute approximate surface area is 121 Å². The van der Waals surface area contributed by atoms with Crippen molar-refractivity contribution in [2.75, 3.05) is 0 Å². The number of benzene rings is 1. The molecule has 2 nitrogen and oxygen atoms in total. The molecule has 108 valence electrons. The van der Waals surface area contributed by atoms with Gasteiger partial charge in [-0.15, -0.1) is 0 Å². The van der Waals surface area contributed by atoms with Gasteiger partial charge in [0, 0.05) is 0 Å². The lowest BCUT2D eigenvalue weighted by atomic mass is 9.64. The van der Waals surface area contributed by atoms with Crippen LogP contribution in [0.1, 0.15) is 68.9 Å². The summed E-state index contributed by atoms with van der Waals surface area (Å²) in [4.78, 5) is 11.6. The lowest BCUT2D eigenvalue weighted by Gasteiger charge is -2.38. The quantitative estimate of drug-likeness (QED) is 0.880. The summed E-state index contributed by atoms with van der Waals surface area (Å²) < 4.78 is 0. The molecule has 0 heterocycles. The minimum Gasteiger partial charge on any atom is -0.481 e. The van der Waals surface area contributed by atoms with E-state index in [2.05, 4.69) is 25.1 Å². The fourth-order valence-electron chi connectivity index (χ4n) is 3.84. The van der Waals surface area contributed by atoms with Gasteiger partial charge in [-0.2, -0.15) is 0 Å². The third-order valence-electron chi connectivity index (χ3n) is 5.54. The number of hydrogen-bond acceptors (Lipinski definition) is 1. The lowest BCUT2D eigenvalue weighted by molar-refractivity contribution is -0.147. The molecular formula is C18H24O2. The molecule has 0 aromatic heterocycles. The first-order chi connectivity index (χ1) is 9.62. The maximum Gasteiger partial charge on any atom is 0.314 e. The van der Waals surface area contributed by atoms with Crippen LogP contribution in [0.5, 0.6) is 0 Å². The molecule has 0 aliphatic heterocycles. The Morgan fingerprint density at radius 3 is 2.45 bits per heavy atom. The number of hydrogen-bond donors (Lipinski definition) is 1. The van der Waals surface area contributed by atoms with Gasteiger partial charge in [-0.3, -0.25) is 4.79 Å². The third kappa shape index (κ3) is 2.25. The van der Waals surface area contributed by atoms with Crippen LogP contribution < -0.4 is 0 Å². The van der Waals surface area contributed by atoms with Crippen molar-refractivity contribution in [2.45, 2.75) is 63.2 Å². The maximum atomic E-state index is 11.6. The van der Waals surface area contributed by atoms with Crippen LogP contribution in [0.3, 0.4) is 0 Å². The summed E-state index contributed by atoms with van der Waals surface area (Å²) in [7, 11) is 0. The molecule has 0 amide bonds. The van der Waals surface area contributed by atoms with Gasteiger partial charge < -0.3 is 5.11 Å². The van der Waals surface area contributed by atoms with E-state index in [1.807, 2.05) is 6.07 Å². The van der Waals surface area contributed by atoms with Gasteiger partial charge in [-0.25, -0.2) is 0 Å². The van der Waals surface area contributed by atoms with Crippen molar-refractivity contribution in [2.24, 2.45) is 5.92 Å². The summed E-state index contributed by atoms with van der Waals surface area (Å²) in [5, 5.41) is 9.57. The average molecular weight is 272 g/mol. The average Bonchev–Trinajstić information content (AvgIpc) is 2.38. The molecule has 2 saturated carbocycles. The van der Waals surface area contributed by atoms with Crippen molar-refractivity contribution in [3.63, 3.8) is 0 Å². The van der Waals surface area contributed by atoms with Gasteiger partial charge in [0.05, 0.1) is 5.41 Å². The molecule has 0 bridgehead atoms. The summed E-state index contributed by atoms with van der Waals surface area (Å²) in [5.74, 6) is 0.849. The Morgan fingerprint density at radius 1 is 1.20 bits per heavy atom. The van der Waals surface area contributed by atoms with Crippen molar-refractivity contribution >= 4 is 5.97 Å². The van der Waals surface area contributed by atoms with Gasteiger partial charge in [-0.05, 0) is 48.6 Å². The first-order valence-electron chi connectivity index (χ1n) is 7.96. The molecule has 0 unspecified atom stereocenters. The smallest absolute Gasteiger partial charge is 0.314 e. The molecular weight excluding hydrogens is 248 g/mol. The SMILES string of the molecule is CC1CCC(c2cccc(C3(C(=O)O)CCC3)c2)CC1. The van der Waals surface area contributed by atoms with Gasteiger partial charge in [0.1, 0.15) is 0 Å². The molecule has 0 spiro atoms. The molecule has 2 aliphatic carbocycles. The van der Waals surface area contributed by atoms with Gasteiger partial charge in [0.25, 0.3) is 0 Å². The number of carboxylic acid groups (broad SMARTS) is 1. The fraction of sp³-hybridized carbons (Fsp3) is 0.611. The number of carboxylic acids is 1. The number of aliphatic carboxylic acids is 1. The fourth-order valence-corrected chi connectivity index (χ4v) is 3.84. The standard InChI is InChI=1S/C18H24O2/c1-13-6-8-14(9-7-13)15-4-2-5-16(12-15)18(17(19)20)10-3-11-18/h2,4-5,12-14H,3,6-11H2,1H3,(H,19,20). The van der Waals surface area contributed by atoms with Crippen molar-refractivity contribution in [3.05, 3.63) is 35.4 Å². The summed E-state index contributed by atoms with van der Waals surface area (Å²) in [6.45, 7) is 2.33. The zero-order chi connectivity index (χ0) is 14.2. The Morgan fingerprint density at radius 2 is 1.90 bits per heavy atom. The topological polar surface area (TPSA) is 37.3 Å². The van der Waals surface area contributed by atoms with E-state index in [0.29, 0.717) is 5.92 Å². The van der Waals surface area contributed by atoms with Crippen LogP contribution >= 0.6 is 0 Å². The largest absolute Gasteiger partial charge is 0.481 e. The van der Waals surface area contributed by atoms with Crippen LogP contribution in [0.25, 0.3) is 0 Å². The summed E-state index contributed by atoms with van der Waals surface area (Å²) >= 11 is 0. The molecule has 0 radical (unpaired) electrons. The van der Waals surface area contributed by atoms with E-state index < -0.39 is 11.4 Å². The molecule has 0 atom stereocenters. The maximum absolute atomic E-state index is 11.6. The molecule has 2 aliphatic rings. The van der Waals surface area contributed by atoms with Crippen molar-refractivity contribution in [1.29, 1.82) is 0 Å². The van der Waals surface area contributed by atoms with E-state index >= 15 is 0 Å². The highest BCUT2D eigenvalue weighted by Crippen LogP contribution is 2.45. The van der Waals surface area contributed by atoms with Gasteiger partial charge >= 0.3 is 5.97 Å². The van der Waals surface area contributed by atoms with Gasteiger partial charge in [-0.1, -0.05) is 50.5 Å². The second-order valence-electron chi connectivity index (χ2n) is 6.82. The number of carbonyl (C=O) groups is 1. The summed E-state index contributed by atoms with van der Waals surface area (Å²) in [6.07, 6.45) is 7.76. The zero-order valence-electron chi connectivity index (χ0n) is 12.3. The highest BCUT2D eigenvalue weighted by atomic mass is 16.4. The third-order valence-corrected chi connectivity index (χ3v) is 5.54. The normalized spacial score (nSPS) is 28.6. The van der Waals surface area contributed by atoms with E-state index in [-0.39, 0.29) is 0 Å². The highest BCUT2D eigenvalue weighted by molar-refractivity contribution is 5.82. The summed E-state index contributed by atoms with van der Waals surface area (Å²) in [5.41, 5.74) is 1.81. The van der Waals surface area contributed by atoms with Crippen LogP contribution in [-0.4, -0.2) is 11.1 Å². The minimum absolute atomic E-state index is 0.585. The van der Waals surface area contributed by atoms with Crippen LogP contribution in [0.4, 0.5) is 0 Å². The Kier molecular flexibility index (Phi) is 3.57. The predicted octanol–water partition coefficient (Wildman–Crippen LogP) is 4.49. The molecule has 20 heavy (non-hydrogen) atoms. The highest BCUT2D eigenvalue weighted by Gasteiger charge is 2.46. The molecule has 1 aromatic rings. The number of rotatable bonds is 3. The monoisotopic (exact) mass is 272 g/mol. The summed E-state index contributed by atoms with van der Waals surface area (Å²) in [6, 6.07) is 8.46. The van der Waals surface area contributed by atoms with Crippen molar-refractivity contribution in [3.8, 4) is 0 Å². The van der Waals surface area contributed by atoms with E-state index in [1.54, 1.807) is 0 Å². The molecule has 2 fully saturated rings. The van der Waals surface area contributed by atoms with E-state index in [1.165, 1.54) is 31.2 Å². The molecule has 3 rings (SSSR count). The van der Waals surface area contributed by atoms with Crippen LogP contribution in [-0.2, 0) is 10.2 Å². The molecule has 1 aromatic carbocycles. The molecule has 0 saturated heterocycles. The zero-order valence-corrected chi connectivity index (χ0v) is 12.3. The van der Waals surface area contributed by atoms with Crippen LogP contribution in [0, 0.1) is 5.92 Å². The van der Waals surface area contributed by atoms with Gasteiger partial charge in [0.15, 0.2) is 0 Å². The Bertz CT molecular complexity index is 494. The van der Waals surface area contributed by atoms with Gasteiger partial charge in [0.2, 0.25) is 0 Å². The molecule has 1 N–H and O–H groups in total.